The number of nitrogens with zero attached hydrogens (tertiary/aromatic N) is 4. The molecule has 9 nitrogen and oxygen atoms in total. The van der Waals surface area contributed by atoms with Crippen molar-refractivity contribution >= 4 is 33.0 Å². The van der Waals surface area contributed by atoms with Gasteiger partial charge in [-0.3, -0.25) is 9.48 Å². The molecule has 1 saturated carbocycles. The first-order chi connectivity index (χ1) is 18.0. The van der Waals surface area contributed by atoms with Gasteiger partial charge in [-0.15, -0.1) is 11.3 Å². The topological polar surface area (TPSA) is 118 Å². The number of aromatic nitrogens is 4. The number of anilines is 1. The molecule has 0 aliphatic heterocycles. The van der Waals surface area contributed by atoms with Crippen LogP contribution in [-0.4, -0.2) is 48.8 Å². The number of alkyl halides is 3. The van der Waals surface area contributed by atoms with Crippen LogP contribution in [0.2, 0.25) is 0 Å². The number of carbonyl (C=O) groups is 1. The van der Waals surface area contributed by atoms with Crippen molar-refractivity contribution in [2.75, 3.05) is 5.32 Å². The van der Waals surface area contributed by atoms with E-state index in [2.05, 4.69) is 25.9 Å². The summed E-state index contributed by atoms with van der Waals surface area (Å²) in [6.45, 7) is 1.74. The highest BCUT2D eigenvalue weighted by Crippen LogP contribution is 2.44. The molecule has 3 heterocycles. The van der Waals surface area contributed by atoms with Gasteiger partial charge < -0.3 is 20.3 Å². The molecule has 1 amide bonds. The summed E-state index contributed by atoms with van der Waals surface area (Å²) in [5.74, 6) is -0.284. The molecule has 1 aromatic carbocycles. The zero-order valence-electron chi connectivity index (χ0n) is 20.8. The summed E-state index contributed by atoms with van der Waals surface area (Å²) in [6.07, 6.45) is 0.210. The van der Waals surface area contributed by atoms with E-state index >= 15 is 0 Å². The largest absolute Gasteiger partial charge is 0.393 e. The Hall–Kier alpha value is -3.45. The number of halogens is 3. The van der Waals surface area contributed by atoms with Gasteiger partial charge in [0.15, 0.2) is 0 Å². The molecular weight excluding hydrogens is 521 g/mol. The monoisotopic (exact) mass is 548 g/mol. The first-order valence-corrected chi connectivity index (χ1v) is 13.0. The summed E-state index contributed by atoms with van der Waals surface area (Å²) in [4.78, 5) is 16.8. The molecule has 0 spiro atoms. The molecule has 13 heteroatoms. The second-order valence-corrected chi connectivity index (χ2v) is 10.9. The summed E-state index contributed by atoms with van der Waals surface area (Å²) < 4.78 is 48.3. The van der Waals surface area contributed by atoms with Gasteiger partial charge in [-0.1, -0.05) is 17.3 Å². The zero-order chi connectivity index (χ0) is 27.1. The SMILES string of the molecule is Cn1cc(C(=O)NCc2nc(-c3sc4c(NC5CCC(C)(O)CC5)cccc4c3CC(F)(F)F)no2)cn1. The summed E-state index contributed by atoms with van der Waals surface area (Å²) in [5, 5.41) is 24.7. The van der Waals surface area contributed by atoms with Crippen molar-refractivity contribution < 1.29 is 27.6 Å². The molecule has 202 valence electrons. The normalized spacial score (nSPS) is 20.1. The molecular formula is C25H27F3N6O3S. The summed E-state index contributed by atoms with van der Waals surface area (Å²) in [5.41, 5.74) is 0.486. The molecule has 1 fully saturated rings. The molecule has 3 N–H and O–H groups in total. The summed E-state index contributed by atoms with van der Waals surface area (Å²) >= 11 is 1.17. The van der Waals surface area contributed by atoms with Gasteiger partial charge >= 0.3 is 6.18 Å². The van der Waals surface area contributed by atoms with E-state index in [1.54, 1.807) is 25.4 Å². The second kappa shape index (κ2) is 10.0. The minimum absolute atomic E-state index is 0.0377. The van der Waals surface area contributed by atoms with E-state index < -0.39 is 24.1 Å². The number of nitrogens with one attached hydrogen (secondary N) is 2. The molecule has 1 aliphatic rings. The van der Waals surface area contributed by atoms with Gasteiger partial charge in [-0.05, 0) is 49.6 Å². The van der Waals surface area contributed by atoms with Crippen molar-refractivity contribution in [2.24, 2.45) is 7.05 Å². The van der Waals surface area contributed by atoms with E-state index in [1.165, 1.54) is 22.2 Å². The fourth-order valence-corrected chi connectivity index (χ4v) is 5.88. The van der Waals surface area contributed by atoms with Crippen LogP contribution < -0.4 is 10.6 Å². The van der Waals surface area contributed by atoms with Gasteiger partial charge in [0, 0.05) is 19.3 Å². The van der Waals surface area contributed by atoms with Crippen molar-refractivity contribution in [1.29, 1.82) is 0 Å². The average molecular weight is 549 g/mol. The first-order valence-electron chi connectivity index (χ1n) is 12.2. The fourth-order valence-electron chi connectivity index (χ4n) is 4.66. The number of benzene rings is 1. The number of aliphatic hydroxyl groups is 1. The number of hydrogen-bond donors (Lipinski definition) is 3. The highest BCUT2D eigenvalue weighted by atomic mass is 32.1. The van der Waals surface area contributed by atoms with Crippen molar-refractivity contribution in [3.05, 3.63) is 47.6 Å². The van der Waals surface area contributed by atoms with Crippen molar-refractivity contribution in [1.82, 2.24) is 25.2 Å². The Bertz CT molecular complexity index is 1450. The molecule has 0 bridgehead atoms. The van der Waals surface area contributed by atoms with E-state index in [4.69, 9.17) is 4.52 Å². The van der Waals surface area contributed by atoms with Crippen LogP contribution in [0.5, 0.6) is 0 Å². The molecule has 38 heavy (non-hydrogen) atoms. The predicted octanol–water partition coefficient (Wildman–Crippen LogP) is 4.83. The van der Waals surface area contributed by atoms with Crippen LogP contribution in [0.15, 0.2) is 35.1 Å². The molecule has 1 aliphatic carbocycles. The van der Waals surface area contributed by atoms with E-state index in [9.17, 15) is 23.1 Å². The van der Waals surface area contributed by atoms with E-state index in [0.717, 1.165) is 18.5 Å². The Morgan fingerprint density at radius 2 is 2.08 bits per heavy atom. The van der Waals surface area contributed by atoms with Crippen LogP contribution in [0.3, 0.4) is 0 Å². The van der Waals surface area contributed by atoms with Crippen LogP contribution in [0.1, 0.15) is 54.4 Å². The van der Waals surface area contributed by atoms with Crippen LogP contribution in [0.4, 0.5) is 18.9 Å². The maximum atomic E-state index is 13.6. The average Bonchev–Trinajstić information content (AvgIpc) is 3.57. The standard InChI is InChI=1S/C25H27F3N6O3S/c1-24(36)8-6-15(7-9-24)31-18-5-3-4-16-17(10-25(26,27)28)21(38-20(16)18)22-32-19(37-33-22)12-29-23(35)14-11-30-34(2)13-14/h3-5,11,13,15,31,36H,6-10,12H2,1-2H3,(H,29,35). The lowest BCUT2D eigenvalue weighted by molar-refractivity contribution is -0.126. The quantitative estimate of drug-likeness (QED) is 0.303. The van der Waals surface area contributed by atoms with Crippen molar-refractivity contribution in [2.45, 2.75) is 63.4 Å². The number of carbonyl (C=O) groups excluding carboxylic acids is 1. The van der Waals surface area contributed by atoms with Gasteiger partial charge in [-0.2, -0.15) is 23.3 Å². The number of thiophene rings is 1. The van der Waals surface area contributed by atoms with Crippen LogP contribution in [0, 0.1) is 0 Å². The minimum Gasteiger partial charge on any atom is -0.390 e. The second-order valence-electron chi connectivity index (χ2n) is 9.90. The lowest BCUT2D eigenvalue weighted by atomic mass is 9.83. The highest BCUT2D eigenvalue weighted by molar-refractivity contribution is 7.23. The number of aryl methyl sites for hydroxylation is 1. The Labute approximate surface area is 220 Å². The van der Waals surface area contributed by atoms with Gasteiger partial charge in [0.2, 0.25) is 11.7 Å². The Morgan fingerprint density at radius 1 is 1.32 bits per heavy atom. The fraction of sp³-hybridized carbons (Fsp3) is 0.440. The van der Waals surface area contributed by atoms with Gasteiger partial charge in [0.1, 0.15) is 0 Å². The maximum Gasteiger partial charge on any atom is 0.393 e. The number of fused-ring (bicyclic) bond motifs is 1. The Balaban J connectivity index is 1.42. The predicted molar refractivity (Wildman–Crippen MR) is 136 cm³/mol. The zero-order valence-corrected chi connectivity index (χ0v) is 21.6. The van der Waals surface area contributed by atoms with Gasteiger partial charge in [0.05, 0.1) is 45.6 Å². The highest BCUT2D eigenvalue weighted by Gasteiger charge is 2.33. The molecule has 4 aromatic rings. The Morgan fingerprint density at radius 3 is 2.76 bits per heavy atom. The summed E-state index contributed by atoms with van der Waals surface area (Å²) in [7, 11) is 1.69. The molecule has 0 unspecified atom stereocenters. The van der Waals surface area contributed by atoms with E-state index in [0.29, 0.717) is 28.5 Å². The Kier molecular flexibility index (Phi) is 6.90. The molecule has 0 atom stereocenters. The molecule has 0 radical (unpaired) electrons. The van der Waals surface area contributed by atoms with Crippen LogP contribution in [-0.2, 0) is 20.0 Å². The maximum absolute atomic E-state index is 13.6. The third-order valence-electron chi connectivity index (χ3n) is 6.66. The lowest BCUT2D eigenvalue weighted by Gasteiger charge is -2.34. The van der Waals surface area contributed by atoms with Crippen LogP contribution >= 0.6 is 11.3 Å². The van der Waals surface area contributed by atoms with Crippen molar-refractivity contribution in [3.63, 3.8) is 0 Å². The van der Waals surface area contributed by atoms with E-state index in [-0.39, 0.29) is 34.7 Å². The molecule has 3 aromatic heterocycles. The first kappa shape index (κ1) is 26.2. The van der Waals surface area contributed by atoms with E-state index in [1.807, 2.05) is 13.0 Å². The van der Waals surface area contributed by atoms with Gasteiger partial charge in [-0.25, -0.2) is 0 Å². The molecule has 0 saturated heterocycles. The van der Waals surface area contributed by atoms with Gasteiger partial charge in [0.25, 0.3) is 5.91 Å². The van der Waals surface area contributed by atoms with Crippen molar-refractivity contribution in [3.8, 4) is 10.7 Å². The third-order valence-corrected chi connectivity index (χ3v) is 7.93. The molecule has 5 rings (SSSR count). The number of amides is 1. The number of hydrogen-bond acceptors (Lipinski definition) is 8. The smallest absolute Gasteiger partial charge is 0.390 e. The third kappa shape index (κ3) is 5.83. The number of rotatable bonds is 7. The minimum atomic E-state index is -4.44. The lowest BCUT2D eigenvalue weighted by Crippen LogP contribution is -2.35. The van der Waals surface area contributed by atoms with Crippen LogP contribution in [0.25, 0.3) is 20.8 Å². The summed E-state index contributed by atoms with van der Waals surface area (Å²) in [6, 6.07) is 5.36.